The van der Waals surface area contributed by atoms with Crippen LogP contribution in [-0.4, -0.2) is 25.3 Å². The van der Waals surface area contributed by atoms with E-state index >= 15 is 0 Å². The van der Waals surface area contributed by atoms with Gasteiger partial charge in [-0.15, -0.1) is 0 Å². The summed E-state index contributed by atoms with van der Waals surface area (Å²) < 4.78 is 5.84. The van der Waals surface area contributed by atoms with Crippen molar-refractivity contribution in [3.63, 3.8) is 0 Å². The first-order valence-corrected chi connectivity index (χ1v) is 6.17. The molecule has 1 saturated heterocycles. The Labute approximate surface area is 88.4 Å². The number of rotatable bonds is 0. The predicted molar refractivity (Wildman–Crippen MR) is 60.6 cm³/mol. The van der Waals surface area contributed by atoms with E-state index < -0.39 is 0 Å². The fraction of sp³-hybridized carbons (Fsp3) is 1.00. The second kappa shape index (κ2) is 6.41. The van der Waals surface area contributed by atoms with Gasteiger partial charge in [-0.3, -0.25) is 0 Å². The van der Waals surface area contributed by atoms with Gasteiger partial charge < -0.3 is 10.1 Å². The Bertz CT molecular complexity index is 116. The maximum atomic E-state index is 5.84. The van der Waals surface area contributed by atoms with E-state index in [0.717, 1.165) is 19.7 Å². The van der Waals surface area contributed by atoms with Crippen LogP contribution in [0.2, 0.25) is 0 Å². The Kier molecular flexibility index (Phi) is 5.49. The molecule has 2 rings (SSSR count). The van der Waals surface area contributed by atoms with Crippen LogP contribution in [-0.2, 0) is 4.74 Å². The van der Waals surface area contributed by atoms with Gasteiger partial charge in [-0.25, -0.2) is 0 Å². The molecule has 2 heteroatoms. The minimum atomic E-state index is 0.247. The van der Waals surface area contributed by atoms with Crippen molar-refractivity contribution >= 4 is 0 Å². The summed E-state index contributed by atoms with van der Waals surface area (Å²) in [5, 5.41) is 3.42. The molecule has 1 aliphatic carbocycles. The zero-order valence-corrected chi connectivity index (χ0v) is 9.77. The molecule has 2 nitrogen and oxygen atoms in total. The number of morpholine rings is 1. The SMILES string of the molecule is C1CCC2(CC1)CNCCO2.CCC. The van der Waals surface area contributed by atoms with Crippen LogP contribution in [0.1, 0.15) is 52.4 Å². The van der Waals surface area contributed by atoms with Gasteiger partial charge in [-0.1, -0.05) is 39.5 Å². The zero-order valence-electron chi connectivity index (χ0n) is 9.77. The van der Waals surface area contributed by atoms with Gasteiger partial charge in [0.25, 0.3) is 0 Å². The molecule has 1 saturated carbocycles. The van der Waals surface area contributed by atoms with Gasteiger partial charge in [0.05, 0.1) is 12.2 Å². The first kappa shape index (κ1) is 12.0. The van der Waals surface area contributed by atoms with E-state index in [4.69, 9.17) is 4.74 Å². The van der Waals surface area contributed by atoms with Crippen LogP contribution in [0.15, 0.2) is 0 Å². The van der Waals surface area contributed by atoms with Crippen molar-refractivity contribution in [3.8, 4) is 0 Å². The lowest BCUT2D eigenvalue weighted by molar-refractivity contribution is -0.0874. The van der Waals surface area contributed by atoms with Crippen LogP contribution in [0.4, 0.5) is 0 Å². The summed E-state index contributed by atoms with van der Waals surface area (Å²) in [6, 6.07) is 0. The van der Waals surface area contributed by atoms with Crippen molar-refractivity contribution in [1.29, 1.82) is 0 Å². The molecular weight excluding hydrogens is 174 g/mol. The topological polar surface area (TPSA) is 21.3 Å². The van der Waals surface area contributed by atoms with Gasteiger partial charge in [0.15, 0.2) is 0 Å². The van der Waals surface area contributed by atoms with Gasteiger partial charge in [-0.2, -0.15) is 0 Å². The van der Waals surface area contributed by atoms with Gasteiger partial charge in [0.1, 0.15) is 0 Å². The molecule has 84 valence electrons. The highest BCUT2D eigenvalue weighted by Crippen LogP contribution is 2.31. The molecule has 0 atom stereocenters. The molecule has 0 bridgehead atoms. The maximum Gasteiger partial charge on any atom is 0.0806 e. The highest BCUT2D eigenvalue weighted by Gasteiger charge is 2.34. The van der Waals surface area contributed by atoms with E-state index in [1.807, 2.05) is 0 Å². The molecule has 2 fully saturated rings. The molecule has 0 aromatic heterocycles. The average Bonchev–Trinajstić information content (AvgIpc) is 2.21. The third kappa shape index (κ3) is 3.58. The Morgan fingerprint density at radius 3 is 2.29 bits per heavy atom. The number of nitrogens with one attached hydrogen (secondary N) is 1. The highest BCUT2D eigenvalue weighted by atomic mass is 16.5. The molecule has 0 aromatic carbocycles. The fourth-order valence-electron chi connectivity index (χ4n) is 2.22. The van der Waals surface area contributed by atoms with E-state index in [1.165, 1.54) is 38.5 Å². The average molecular weight is 199 g/mol. The summed E-state index contributed by atoms with van der Waals surface area (Å²) >= 11 is 0. The standard InChI is InChI=1S/C9H17NO.C3H8/c1-2-4-9(5-3-1)8-10-6-7-11-9;1-3-2/h10H,1-8H2;3H2,1-2H3. The monoisotopic (exact) mass is 199 g/mol. The van der Waals surface area contributed by atoms with Crippen LogP contribution in [0.25, 0.3) is 0 Å². The van der Waals surface area contributed by atoms with Crippen LogP contribution < -0.4 is 5.32 Å². The molecule has 1 aliphatic heterocycles. The summed E-state index contributed by atoms with van der Waals surface area (Å²) in [6.45, 7) is 7.30. The van der Waals surface area contributed by atoms with Crippen LogP contribution in [0, 0.1) is 0 Å². The van der Waals surface area contributed by atoms with E-state index in [2.05, 4.69) is 19.2 Å². The lowest BCUT2D eigenvalue weighted by atomic mass is 9.84. The minimum Gasteiger partial charge on any atom is -0.372 e. The molecule has 0 radical (unpaired) electrons. The van der Waals surface area contributed by atoms with E-state index in [-0.39, 0.29) is 5.60 Å². The lowest BCUT2D eigenvalue weighted by Gasteiger charge is -2.40. The molecule has 14 heavy (non-hydrogen) atoms. The molecule has 0 amide bonds. The van der Waals surface area contributed by atoms with Crippen LogP contribution in [0.3, 0.4) is 0 Å². The summed E-state index contributed by atoms with van der Waals surface area (Å²) in [4.78, 5) is 0. The van der Waals surface area contributed by atoms with Crippen molar-refractivity contribution in [2.24, 2.45) is 0 Å². The quantitative estimate of drug-likeness (QED) is 0.647. The minimum absolute atomic E-state index is 0.247. The molecule has 2 aliphatic rings. The van der Waals surface area contributed by atoms with E-state index in [1.54, 1.807) is 0 Å². The summed E-state index contributed by atoms with van der Waals surface area (Å²) in [7, 11) is 0. The Balaban J connectivity index is 0.000000293. The van der Waals surface area contributed by atoms with Gasteiger partial charge >= 0.3 is 0 Å². The molecular formula is C12H25NO. The molecule has 0 unspecified atom stereocenters. The zero-order chi connectivity index (χ0) is 10.3. The second-order valence-corrected chi connectivity index (χ2v) is 4.48. The van der Waals surface area contributed by atoms with E-state index in [0.29, 0.717) is 0 Å². The highest BCUT2D eigenvalue weighted by molar-refractivity contribution is 4.88. The van der Waals surface area contributed by atoms with Crippen molar-refractivity contribution < 1.29 is 4.74 Å². The maximum absolute atomic E-state index is 5.84. The van der Waals surface area contributed by atoms with Crippen LogP contribution >= 0.6 is 0 Å². The Morgan fingerprint density at radius 1 is 1.14 bits per heavy atom. The first-order chi connectivity index (χ1) is 6.83. The Hall–Kier alpha value is -0.0800. The molecule has 1 N–H and O–H groups in total. The van der Waals surface area contributed by atoms with Crippen molar-refractivity contribution in [1.82, 2.24) is 5.32 Å². The summed E-state index contributed by atoms with van der Waals surface area (Å²) in [6.07, 6.45) is 7.94. The van der Waals surface area contributed by atoms with Gasteiger partial charge in [-0.05, 0) is 12.8 Å². The lowest BCUT2D eigenvalue weighted by Crippen LogP contribution is -2.50. The predicted octanol–water partition coefficient (Wildman–Crippen LogP) is 2.73. The first-order valence-electron chi connectivity index (χ1n) is 6.17. The third-order valence-electron chi connectivity index (χ3n) is 2.90. The van der Waals surface area contributed by atoms with Crippen molar-refractivity contribution in [3.05, 3.63) is 0 Å². The van der Waals surface area contributed by atoms with E-state index in [9.17, 15) is 0 Å². The molecule has 0 aromatic rings. The smallest absolute Gasteiger partial charge is 0.0806 e. The molecule has 1 spiro atoms. The number of hydrogen-bond donors (Lipinski definition) is 1. The van der Waals surface area contributed by atoms with Gasteiger partial charge in [0.2, 0.25) is 0 Å². The van der Waals surface area contributed by atoms with Gasteiger partial charge in [0, 0.05) is 13.1 Å². The second-order valence-electron chi connectivity index (χ2n) is 4.48. The largest absolute Gasteiger partial charge is 0.372 e. The van der Waals surface area contributed by atoms with Crippen molar-refractivity contribution in [2.45, 2.75) is 58.0 Å². The van der Waals surface area contributed by atoms with Crippen LogP contribution in [0.5, 0.6) is 0 Å². The molecule has 1 heterocycles. The number of hydrogen-bond acceptors (Lipinski definition) is 2. The Morgan fingerprint density at radius 2 is 1.79 bits per heavy atom. The van der Waals surface area contributed by atoms with Crippen molar-refractivity contribution in [2.75, 3.05) is 19.7 Å². The summed E-state index contributed by atoms with van der Waals surface area (Å²) in [5.41, 5.74) is 0.247. The third-order valence-corrected chi connectivity index (χ3v) is 2.90. The summed E-state index contributed by atoms with van der Waals surface area (Å²) in [5.74, 6) is 0. The number of ether oxygens (including phenoxy) is 1. The normalized spacial score (nSPS) is 25.3. The fourth-order valence-corrected chi connectivity index (χ4v) is 2.22.